The van der Waals surface area contributed by atoms with Gasteiger partial charge in [-0.05, 0) is 47.2 Å². The van der Waals surface area contributed by atoms with E-state index in [0.29, 0.717) is 17.9 Å². The normalized spacial score (nSPS) is 10.4. The van der Waals surface area contributed by atoms with Crippen LogP contribution in [0.2, 0.25) is 0 Å². The number of carbonyl (C=O) groups is 1. The third kappa shape index (κ3) is 3.75. The molecule has 0 saturated carbocycles. The molecule has 0 aliphatic heterocycles. The van der Waals surface area contributed by atoms with Gasteiger partial charge in [0.1, 0.15) is 25.3 Å². The number of tetrazole rings is 1. The van der Waals surface area contributed by atoms with Crippen LogP contribution in [-0.4, -0.2) is 39.4 Å². The molecule has 0 atom stereocenters. The van der Waals surface area contributed by atoms with Crippen molar-refractivity contribution in [2.45, 2.75) is 6.92 Å². The summed E-state index contributed by atoms with van der Waals surface area (Å²) in [5, 5.41) is 10.9. The molecule has 0 aliphatic carbocycles. The fourth-order valence-corrected chi connectivity index (χ4v) is 2.14. The number of nitrogens with zero attached hydrogens (tertiary/aromatic N) is 4. The maximum absolute atomic E-state index is 12.1. The van der Waals surface area contributed by atoms with Crippen LogP contribution in [0.15, 0.2) is 54.9 Å². The van der Waals surface area contributed by atoms with Gasteiger partial charge in [-0.2, -0.15) is 0 Å². The Morgan fingerprint density at radius 1 is 1.12 bits per heavy atom. The Hall–Kier alpha value is -3.22. The highest BCUT2D eigenvalue weighted by atomic mass is 16.6. The van der Waals surface area contributed by atoms with Gasteiger partial charge in [0.05, 0.1) is 11.3 Å². The summed E-state index contributed by atoms with van der Waals surface area (Å²) in [4.78, 5) is 12.1. The SMILES string of the molecule is Cc1ccccc1OCCOC(=O)c1cccc(-n2cnnn2)c1. The molecular weight excluding hydrogens is 308 g/mol. The van der Waals surface area contributed by atoms with Crippen LogP contribution in [0.1, 0.15) is 15.9 Å². The van der Waals surface area contributed by atoms with E-state index in [1.807, 2.05) is 31.2 Å². The van der Waals surface area contributed by atoms with E-state index in [1.54, 1.807) is 24.3 Å². The van der Waals surface area contributed by atoms with E-state index in [-0.39, 0.29) is 6.61 Å². The summed E-state index contributed by atoms with van der Waals surface area (Å²) in [6.45, 7) is 2.43. The van der Waals surface area contributed by atoms with Crippen molar-refractivity contribution in [2.75, 3.05) is 13.2 Å². The Morgan fingerprint density at radius 2 is 2.00 bits per heavy atom. The number of aryl methyl sites for hydroxylation is 1. The van der Waals surface area contributed by atoms with Crippen LogP contribution < -0.4 is 4.74 Å². The first-order valence-electron chi connectivity index (χ1n) is 7.43. The summed E-state index contributed by atoms with van der Waals surface area (Å²) in [7, 11) is 0. The Kier molecular flexibility index (Phi) is 4.81. The molecule has 0 bridgehead atoms. The molecule has 0 amide bonds. The van der Waals surface area contributed by atoms with Gasteiger partial charge in [0.25, 0.3) is 0 Å². The van der Waals surface area contributed by atoms with Gasteiger partial charge in [-0.3, -0.25) is 0 Å². The monoisotopic (exact) mass is 324 g/mol. The lowest BCUT2D eigenvalue weighted by Gasteiger charge is -2.09. The van der Waals surface area contributed by atoms with E-state index >= 15 is 0 Å². The first kappa shape index (κ1) is 15.7. The van der Waals surface area contributed by atoms with E-state index in [1.165, 1.54) is 11.0 Å². The number of hydrogen-bond donors (Lipinski definition) is 0. The summed E-state index contributed by atoms with van der Waals surface area (Å²) < 4.78 is 12.3. The van der Waals surface area contributed by atoms with Gasteiger partial charge < -0.3 is 9.47 Å². The summed E-state index contributed by atoms with van der Waals surface area (Å²) in [6, 6.07) is 14.6. The molecule has 7 heteroatoms. The van der Waals surface area contributed by atoms with Crippen LogP contribution in [-0.2, 0) is 4.74 Å². The Bertz CT molecular complexity index is 818. The number of benzene rings is 2. The van der Waals surface area contributed by atoms with Crippen molar-refractivity contribution < 1.29 is 14.3 Å². The summed E-state index contributed by atoms with van der Waals surface area (Å²) >= 11 is 0. The molecule has 0 aliphatic rings. The molecule has 2 aromatic carbocycles. The molecule has 0 saturated heterocycles. The second kappa shape index (κ2) is 7.36. The Labute approximate surface area is 138 Å². The smallest absolute Gasteiger partial charge is 0.338 e. The van der Waals surface area contributed by atoms with Crippen LogP contribution in [0.5, 0.6) is 5.75 Å². The Morgan fingerprint density at radius 3 is 2.79 bits per heavy atom. The molecule has 3 aromatic rings. The van der Waals surface area contributed by atoms with Crippen LogP contribution in [0, 0.1) is 6.92 Å². The quantitative estimate of drug-likeness (QED) is 0.511. The molecular formula is C17H16N4O3. The minimum absolute atomic E-state index is 0.169. The second-order valence-corrected chi connectivity index (χ2v) is 5.05. The lowest BCUT2D eigenvalue weighted by atomic mass is 10.2. The Balaban J connectivity index is 1.54. The third-order valence-electron chi connectivity index (χ3n) is 3.36. The molecule has 24 heavy (non-hydrogen) atoms. The fraction of sp³-hybridized carbons (Fsp3) is 0.176. The first-order chi connectivity index (χ1) is 11.7. The topological polar surface area (TPSA) is 79.1 Å². The van der Waals surface area contributed by atoms with Gasteiger partial charge in [-0.25, -0.2) is 9.48 Å². The van der Waals surface area contributed by atoms with E-state index in [4.69, 9.17) is 9.47 Å². The van der Waals surface area contributed by atoms with E-state index in [0.717, 1.165) is 11.3 Å². The van der Waals surface area contributed by atoms with Gasteiger partial charge in [-0.15, -0.1) is 5.10 Å². The fourth-order valence-electron chi connectivity index (χ4n) is 2.14. The maximum Gasteiger partial charge on any atom is 0.338 e. The molecule has 7 nitrogen and oxygen atoms in total. The zero-order valence-electron chi connectivity index (χ0n) is 13.1. The number of para-hydroxylation sites is 1. The number of esters is 1. The molecule has 0 spiro atoms. The average Bonchev–Trinajstić information content (AvgIpc) is 3.15. The van der Waals surface area contributed by atoms with Gasteiger partial charge in [0.2, 0.25) is 0 Å². The van der Waals surface area contributed by atoms with Gasteiger partial charge in [0.15, 0.2) is 0 Å². The van der Waals surface area contributed by atoms with E-state index < -0.39 is 5.97 Å². The third-order valence-corrected chi connectivity index (χ3v) is 3.36. The minimum Gasteiger partial charge on any atom is -0.490 e. The van der Waals surface area contributed by atoms with Crippen molar-refractivity contribution >= 4 is 5.97 Å². The lowest BCUT2D eigenvalue weighted by Crippen LogP contribution is -2.13. The maximum atomic E-state index is 12.1. The molecule has 1 heterocycles. The van der Waals surface area contributed by atoms with E-state index in [2.05, 4.69) is 15.5 Å². The number of rotatable bonds is 6. The average molecular weight is 324 g/mol. The number of hydrogen-bond acceptors (Lipinski definition) is 6. The molecule has 1 aromatic heterocycles. The number of ether oxygens (including phenoxy) is 2. The largest absolute Gasteiger partial charge is 0.490 e. The van der Waals surface area contributed by atoms with Crippen LogP contribution in [0.4, 0.5) is 0 Å². The lowest BCUT2D eigenvalue weighted by molar-refractivity contribution is 0.0450. The number of aromatic nitrogens is 4. The van der Waals surface area contributed by atoms with Crippen molar-refractivity contribution in [2.24, 2.45) is 0 Å². The van der Waals surface area contributed by atoms with Crippen molar-refractivity contribution in [1.82, 2.24) is 20.2 Å². The molecule has 0 radical (unpaired) electrons. The van der Waals surface area contributed by atoms with Crippen LogP contribution in [0.25, 0.3) is 5.69 Å². The summed E-state index contributed by atoms with van der Waals surface area (Å²) in [6.07, 6.45) is 1.46. The molecule has 3 rings (SSSR count). The van der Waals surface area contributed by atoms with Gasteiger partial charge in [0, 0.05) is 0 Å². The molecule has 0 unspecified atom stereocenters. The van der Waals surface area contributed by atoms with Gasteiger partial charge >= 0.3 is 5.97 Å². The van der Waals surface area contributed by atoms with Crippen molar-refractivity contribution in [1.29, 1.82) is 0 Å². The summed E-state index contributed by atoms with van der Waals surface area (Å²) in [5.74, 6) is 0.368. The zero-order valence-corrected chi connectivity index (χ0v) is 13.1. The van der Waals surface area contributed by atoms with Crippen molar-refractivity contribution in [3.05, 3.63) is 66.0 Å². The predicted molar refractivity (Wildman–Crippen MR) is 86.1 cm³/mol. The molecule has 0 fully saturated rings. The highest BCUT2D eigenvalue weighted by Crippen LogP contribution is 2.16. The minimum atomic E-state index is -0.418. The van der Waals surface area contributed by atoms with Crippen LogP contribution >= 0.6 is 0 Å². The zero-order chi connectivity index (χ0) is 16.8. The molecule has 122 valence electrons. The van der Waals surface area contributed by atoms with Crippen LogP contribution in [0.3, 0.4) is 0 Å². The van der Waals surface area contributed by atoms with E-state index in [9.17, 15) is 4.79 Å². The van der Waals surface area contributed by atoms with Crippen molar-refractivity contribution in [3.63, 3.8) is 0 Å². The number of carbonyl (C=O) groups excluding carboxylic acids is 1. The van der Waals surface area contributed by atoms with Crippen molar-refractivity contribution in [3.8, 4) is 11.4 Å². The highest BCUT2D eigenvalue weighted by Gasteiger charge is 2.09. The predicted octanol–water partition coefficient (Wildman–Crippen LogP) is 2.21. The highest BCUT2D eigenvalue weighted by molar-refractivity contribution is 5.90. The first-order valence-corrected chi connectivity index (χ1v) is 7.43. The molecule has 0 N–H and O–H groups in total. The van der Waals surface area contributed by atoms with Gasteiger partial charge in [-0.1, -0.05) is 24.3 Å². The summed E-state index contributed by atoms with van der Waals surface area (Å²) in [5.41, 5.74) is 2.16. The standard InChI is InChI=1S/C17H16N4O3/c1-13-5-2-3-8-16(13)23-9-10-24-17(22)14-6-4-7-15(11-14)21-12-18-19-20-21/h2-8,11-12H,9-10H2,1H3. The second-order valence-electron chi connectivity index (χ2n) is 5.05.